The van der Waals surface area contributed by atoms with Gasteiger partial charge in [-0.15, -0.1) is 11.3 Å². The van der Waals surface area contributed by atoms with Gasteiger partial charge in [-0.1, -0.05) is 17.7 Å². The fraction of sp³-hybridized carbons (Fsp3) is 0.406. The summed E-state index contributed by atoms with van der Waals surface area (Å²) in [6, 6.07) is 6.09. The molecule has 4 aromatic rings. The Hall–Kier alpha value is -4.08. The number of rotatable bonds is 3. The first-order valence-corrected chi connectivity index (χ1v) is 15.5. The second kappa shape index (κ2) is 12.0. The number of anilines is 1. The van der Waals surface area contributed by atoms with Gasteiger partial charge in [0.1, 0.15) is 39.9 Å². The fourth-order valence-corrected chi connectivity index (χ4v) is 6.75. The molecule has 1 unspecified atom stereocenters. The number of fused-ring (bicyclic) bond motifs is 2. The first kappa shape index (κ1) is 32.3. The van der Waals surface area contributed by atoms with Gasteiger partial charge >= 0.3 is 12.2 Å². The Kier molecular flexibility index (Phi) is 8.63. The van der Waals surface area contributed by atoms with Crippen molar-refractivity contribution in [2.45, 2.75) is 71.5 Å². The van der Waals surface area contributed by atoms with Crippen molar-refractivity contribution in [3.05, 3.63) is 52.4 Å². The van der Waals surface area contributed by atoms with Crippen molar-refractivity contribution in [1.82, 2.24) is 14.9 Å². The largest absolute Gasteiger partial charge is 0.444 e. The number of carbonyl (C=O) groups is 2. The highest BCUT2D eigenvalue weighted by Crippen LogP contribution is 2.46. The van der Waals surface area contributed by atoms with Crippen molar-refractivity contribution in [3.63, 3.8) is 0 Å². The number of benzene rings is 2. The summed E-state index contributed by atoms with van der Waals surface area (Å²) < 4.78 is 42.5. The second-order valence-corrected chi connectivity index (χ2v) is 14.2. The minimum absolute atomic E-state index is 0.000470. The molecule has 45 heavy (non-hydrogen) atoms. The molecule has 0 spiro atoms. The third-order valence-electron chi connectivity index (χ3n) is 7.10. The van der Waals surface area contributed by atoms with E-state index in [1.807, 2.05) is 6.07 Å². The molecule has 0 aliphatic carbocycles. The number of thiophene rings is 1. The number of nitrogens with one attached hydrogen (secondary N) is 1. The van der Waals surface area contributed by atoms with Crippen molar-refractivity contribution >= 4 is 61.1 Å². The average molecular weight is 656 g/mol. The molecule has 0 bridgehead atoms. The third kappa shape index (κ3) is 6.65. The number of hydrogen-bond donors (Lipinski definition) is 1. The molecule has 3 heterocycles. The summed E-state index contributed by atoms with van der Waals surface area (Å²) in [4.78, 5) is 35.6. The van der Waals surface area contributed by atoms with Crippen LogP contribution in [0.4, 0.5) is 23.4 Å². The maximum absolute atomic E-state index is 16.5. The molecule has 1 aliphatic heterocycles. The zero-order chi connectivity index (χ0) is 32.8. The lowest BCUT2D eigenvalue weighted by molar-refractivity contribution is 0.0197. The summed E-state index contributed by atoms with van der Waals surface area (Å²) in [5.41, 5.74) is -0.887. The van der Waals surface area contributed by atoms with Crippen LogP contribution in [-0.2, 0) is 9.47 Å². The minimum atomic E-state index is -0.820. The van der Waals surface area contributed by atoms with E-state index >= 15 is 8.78 Å². The van der Waals surface area contributed by atoms with Crippen molar-refractivity contribution < 1.29 is 27.8 Å². The van der Waals surface area contributed by atoms with Crippen LogP contribution in [0.15, 0.2) is 24.5 Å². The number of piperidine rings is 1. The molecule has 2 aromatic carbocycles. The number of nitriles is 1. The Labute approximate surface area is 268 Å². The quantitative estimate of drug-likeness (QED) is 0.234. The van der Waals surface area contributed by atoms with Crippen LogP contribution in [0.5, 0.6) is 0 Å². The summed E-state index contributed by atoms with van der Waals surface area (Å²) in [5, 5.41) is 13.2. The Bertz CT molecular complexity index is 1880. The number of hydrogen-bond acceptors (Lipinski definition) is 8. The van der Waals surface area contributed by atoms with Crippen LogP contribution >= 0.6 is 22.9 Å². The van der Waals surface area contributed by atoms with Crippen molar-refractivity contribution in [2.75, 3.05) is 18.4 Å². The monoisotopic (exact) mass is 655 g/mol. The van der Waals surface area contributed by atoms with Crippen LogP contribution in [0.25, 0.3) is 32.1 Å². The van der Waals surface area contributed by atoms with E-state index in [4.69, 9.17) is 21.1 Å². The molecule has 2 amide bonds. The van der Waals surface area contributed by atoms with E-state index in [1.165, 1.54) is 12.4 Å². The van der Waals surface area contributed by atoms with Crippen LogP contribution < -0.4 is 5.32 Å². The lowest BCUT2D eigenvalue weighted by atomic mass is 9.91. The van der Waals surface area contributed by atoms with E-state index in [2.05, 4.69) is 15.3 Å². The first-order chi connectivity index (χ1) is 21.1. The zero-order valence-electron chi connectivity index (χ0n) is 25.7. The number of aromatic nitrogens is 2. The van der Waals surface area contributed by atoms with Gasteiger partial charge in [0.15, 0.2) is 5.82 Å². The van der Waals surface area contributed by atoms with Gasteiger partial charge in [0.05, 0.1) is 21.0 Å². The molecule has 0 saturated carbocycles. The third-order valence-corrected chi connectivity index (χ3v) is 8.51. The van der Waals surface area contributed by atoms with Gasteiger partial charge in [-0.3, -0.25) is 5.32 Å². The Balaban J connectivity index is 1.59. The van der Waals surface area contributed by atoms with Gasteiger partial charge in [-0.2, -0.15) is 5.26 Å². The predicted octanol–water partition coefficient (Wildman–Crippen LogP) is 8.78. The van der Waals surface area contributed by atoms with Crippen LogP contribution in [0.1, 0.15) is 71.6 Å². The summed E-state index contributed by atoms with van der Waals surface area (Å²) in [6.45, 7) is 11.3. The SMILES string of the molecule is CC(C)(C)OC(=O)Nc1sc2c(F)ccc(-c3c(Cl)cc4c(C5CCCN(C(=O)OC(C)(C)C)C5)ncnc4c3F)c2c1C#N. The molecule has 1 aliphatic rings. The van der Waals surface area contributed by atoms with E-state index in [0.29, 0.717) is 37.0 Å². The summed E-state index contributed by atoms with van der Waals surface area (Å²) in [7, 11) is 0. The van der Waals surface area contributed by atoms with Gasteiger partial charge in [-0.25, -0.2) is 28.3 Å². The molecule has 9 nitrogen and oxygen atoms in total. The number of halogens is 3. The molecule has 236 valence electrons. The molecule has 1 fully saturated rings. The van der Waals surface area contributed by atoms with E-state index < -0.39 is 35.0 Å². The van der Waals surface area contributed by atoms with E-state index in [9.17, 15) is 14.9 Å². The summed E-state index contributed by atoms with van der Waals surface area (Å²) in [5.74, 6) is -1.65. The molecule has 2 aromatic heterocycles. The molecule has 5 rings (SSSR count). The summed E-state index contributed by atoms with van der Waals surface area (Å²) >= 11 is 7.60. The molecule has 1 atom stereocenters. The summed E-state index contributed by atoms with van der Waals surface area (Å²) in [6.07, 6.45) is 1.42. The van der Waals surface area contributed by atoms with Gasteiger partial charge in [0.2, 0.25) is 0 Å². The van der Waals surface area contributed by atoms with Crippen molar-refractivity contribution in [3.8, 4) is 17.2 Å². The maximum Gasteiger partial charge on any atom is 0.412 e. The standard InChI is InChI=1S/C32H32ClF2N5O4S/c1-31(2,3)43-29(41)39-28-19(13-36)22-17(9-10-21(34)27(22)45-28)23-20(33)12-18-25(37-15-38-26(18)24(23)35)16-8-7-11-40(14-16)30(42)44-32(4,5)6/h9-10,12,15-16H,7-8,11,14H2,1-6H3,(H,39,41). The van der Waals surface area contributed by atoms with E-state index in [-0.39, 0.29) is 48.2 Å². The maximum atomic E-state index is 16.5. The molecular weight excluding hydrogens is 624 g/mol. The minimum Gasteiger partial charge on any atom is -0.444 e. The predicted molar refractivity (Wildman–Crippen MR) is 170 cm³/mol. The number of carbonyl (C=O) groups excluding carboxylic acids is 2. The van der Waals surface area contributed by atoms with E-state index in [1.54, 1.807) is 52.5 Å². The second-order valence-electron chi connectivity index (χ2n) is 12.8. The van der Waals surface area contributed by atoms with Gasteiger partial charge < -0.3 is 14.4 Å². The van der Waals surface area contributed by atoms with Crippen LogP contribution in [0.3, 0.4) is 0 Å². The highest BCUT2D eigenvalue weighted by Gasteiger charge is 2.31. The first-order valence-electron chi connectivity index (χ1n) is 14.3. The number of nitrogens with zero attached hydrogens (tertiary/aromatic N) is 4. The van der Waals surface area contributed by atoms with Crippen molar-refractivity contribution in [2.24, 2.45) is 0 Å². The van der Waals surface area contributed by atoms with Crippen LogP contribution in [0, 0.1) is 23.0 Å². The molecule has 1 N–H and O–H groups in total. The van der Waals surface area contributed by atoms with Gasteiger partial charge in [-0.05, 0) is 72.1 Å². The Morgan fingerprint density at radius 3 is 2.51 bits per heavy atom. The lowest BCUT2D eigenvalue weighted by Gasteiger charge is -2.34. The number of ether oxygens (including phenoxy) is 2. The Morgan fingerprint density at radius 1 is 1.13 bits per heavy atom. The highest BCUT2D eigenvalue weighted by atomic mass is 35.5. The topological polar surface area (TPSA) is 117 Å². The van der Waals surface area contributed by atoms with Crippen LogP contribution in [0.2, 0.25) is 5.02 Å². The molecule has 0 radical (unpaired) electrons. The van der Waals surface area contributed by atoms with E-state index in [0.717, 1.165) is 17.4 Å². The average Bonchev–Trinajstić information content (AvgIpc) is 3.30. The van der Waals surface area contributed by atoms with Crippen molar-refractivity contribution in [1.29, 1.82) is 5.26 Å². The number of amides is 2. The zero-order valence-corrected chi connectivity index (χ0v) is 27.3. The van der Waals surface area contributed by atoms with Crippen LogP contribution in [-0.4, -0.2) is 51.3 Å². The van der Waals surface area contributed by atoms with Gasteiger partial charge in [0, 0.05) is 35.3 Å². The highest BCUT2D eigenvalue weighted by molar-refractivity contribution is 7.23. The molecular formula is C32H32ClF2N5O4S. The molecule has 1 saturated heterocycles. The Morgan fingerprint density at radius 2 is 1.84 bits per heavy atom. The smallest absolute Gasteiger partial charge is 0.412 e. The number of likely N-dealkylation sites (tertiary alicyclic amines) is 1. The van der Waals surface area contributed by atoms with Gasteiger partial charge in [0.25, 0.3) is 0 Å². The molecule has 13 heteroatoms. The fourth-order valence-electron chi connectivity index (χ4n) is 5.38. The normalized spacial score (nSPS) is 15.6. The lowest BCUT2D eigenvalue weighted by Crippen LogP contribution is -2.42.